The van der Waals surface area contributed by atoms with Crippen molar-refractivity contribution in [3.63, 3.8) is 0 Å². The molecule has 1 atom stereocenters. The Morgan fingerprint density at radius 3 is 3.10 bits per heavy atom. The van der Waals surface area contributed by atoms with Crippen LogP contribution < -0.4 is 4.90 Å². The number of H-pyrrole nitrogens is 1. The van der Waals surface area contributed by atoms with E-state index in [1.54, 1.807) is 6.33 Å². The molecule has 106 valence electrons. The van der Waals surface area contributed by atoms with Crippen molar-refractivity contribution in [1.29, 1.82) is 0 Å². The van der Waals surface area contributed by atoms with Crippen molar-refractivity contribution in [1.82, 2.24) is 19.9 Å². The molecule has 3 rings (SSSR count). The van der Waals surface area contributed by atoms with Crippen molar-refractivity contribution in [2.75, 3.05) is 18.0 Å². The third kappa shape index (κ3) is 1.90. The number of carboxylic acids is 1. The molecule has 1 saturated heterocycles. The summed E-state index contributed by atoms with van der Waals surface area (Å²) in [5.41, 5.74) is 0.718. The Morgan fingerprint density at radius 2 is 2.35 bits per heavy atom. The number of fused-ring (bicyclic) bond motifs is 1. The molecule has 20 heavy (non-hydrogen) atoms. The van der Waals surface area contributed by atoms with Crippen molar-refractivity contribution in [3.05, 3.63) is 12.7 Å². The summed E-state index contributed by atoms with van der Waals surface area (Å²) < 4.78 is 0. The predicted molar refractivity (Wildman–Crippen MR) is 73.5 cm³/mol. The Balaban J connectivity index is 1.93. The van der Waals surface area contributed by atoms with Gasteiger partial charge in [-0.1, -0.05) is 13.3 Å². The van der Waals surface area contributed by atoms with E-state index in [2.05, 4.69) is 19.9 Å². The number of nitrogens with zero attached hydrogens (tertiary/aromatic N) is 4. The average molecular weight is 275 g/mol. The number of anilines is 1. The van der Waals surface area contributed by atoms with Crippen LogP contribution in [-0.4, -0.2) is 44.1 Å². The minimum Gasteiger partial charge on any atom is -0.481 e. The van der Waals surface area contributed by atoms with E-state index >= 15 is 0 Å². The summed E-state index contributed by atoms with van der Waals surface area (Å²) in [5, 5.41) is 9.55. The third-order valence-electron chi connectivity index (χ3n) is 4.04. The maximum absolute atomic E-state index is 11.6. The third-order valence-corrected chi connectivity index (χ3v) is 4.04. The van der Waals surface area contributed by atoms with Crippen LogP contribution in [0, 0.1) is 5.41 Å². The molecule has 2 aromatic rings. The van der Waals surface area contributed by atoms with Crippen molar-refractivity contribution in [2.45, 2.75) is 26.2 Å². The normalized spacial score (nSPS) is 22.6. The van der Waals surface area contributed by atoms with Gasteiger partial charge < -0.3 is 15.0 Å². The first-order valence-electron chi connectivity index (χ1n) is 6.79. The molecule has 0 radical (unpaired) electrons. The topological polar surface area (TPSA) is 95.0 Å². The van der Waals surface area contributed by atoms with Gasteiger partial charge >= 0.3 is 5.97 Å². The Hall–Kier alpha value is -2.18. The van der Waals surface area contributed by atoms with Gasteiger partial charge in [-0.05, 0) is 12.8 Å². The zero-order chi connectivity index (χ0) is 14.2. The highest BCUT2D eigenvalue weighted by molar-refractivity contribution is 5.84. The van der Waals surface area contributed by atoms with Crippen LogP contribution in [0.1, 0.15) is 26.2 Å². The van der Waals surface area contributed by atoms with Gasteiger partial charge in [-0.25, -0.2) is 15.0 Å². The highest BCUT2D eigenvalue weighted by Gasteiger charge is 2.44. The number of carboxylic acid groups (broad SMARTS) is 1. The molecule has 0 aliphatic carbocycles. The molecule has 3 heterocycles. The number of aliphatic carboxylic acids is 1. The van der Waals surface area contributed by atoms with Crippen molar-refractivity contribution >= 4 is 23.0 Å². The van der Waals surface area contributed by atoms with E-state index in [0.29, 0.717) is 31.6 Å². The van der Waals surface area contributed by atoms with E-state index in [1.165, 1.54) is 6.33 Å². The largest absolute Gasteiger partial charge is 0.481 e. The summed E-state index contributed by atoms with van der Waals surface area (Å²) in [5.74, 6) is 0.0310. The van der Waals surface area contributed by atoms with Gasteiger partial charge in [0.1, 0.15) is 11.8 Å². The lowest BCUT2D eigenvalue weighted by atomic mass is 9.83. The summed E-state index contributed by atoms with van der Waals surface area (Å²) in [6.45, 7) is 3.20. The van der Waals surface area contributed by atoms with E-state index in [0.717, 1.165) is 17.8 Å². The summed E-state index contributed by atoms with van der Waals surface area (Å²) in [4.78, 5) is 29.2. The van der Waals surface area contributed by atoms with Crippen LogP contribution in [0.5, 0.6) is 0 Å². The number of aromatic nitrogens is 4. The van der Waals surface area contributed by atoms with Crippen LogP contribution in [0.4, 0.5) is 5.82 Å². The average Bonchev–Trinajstić information content (AvgIpc) is 3.05. The molecule has 1 fully saturated rings. The monoisotopic (exact) mass is 275 g/mol. The van der Waals surface area contributed by atoms with E-state index in [9.17, 15) is 9.90 Å². The van der Waals surface area contributed by atoms with Crippen LogP contribution in [0.25, 0.3) is 11.2 Å². The van der Waals surface area contributed by atoms with Gasteiger partial charge in [0.05, 0.1) is 11.7 Å². The molecule has 1 aliphatic heterocycles. The van der Waals surface area contributed by atoms with Gasteiger partial charge in [0.2, 0.25) is 0 Å². The first-order chi connectivity index (χ1) is 9.66. The van der Waals surface area contributed by atoms with Crippen LogP contribution in [-0.2, 0) is 4.79 Å². The Labute approximate surface area is 116 Å². The second-order valence-corrected chi connectivity index (χ2v) is 5.31. The maximum Gasteiger partial charge on any atom is 0.311 e. The molecule has 2 aromatic heterocycles. The van der Waals surface area contributed by atoms with Crippen LogP contribution in [0.2, 0.25) is 0 Å². The molecule has 1 aliphatic rings. The van der Waals surface area contributed by atoms with Gasteiger partial charge in [-0.3, -0.25) is 4.79 Å². The highest BCUT2D eigenvalue weighted by Crippen LogP contribution is 2.38. The highest BCUT2D eigenvalue weighted by atomic mass is 16.4. The van der Waals surface area contributed by atoms with Crippen molar-refractivity contribution < 1.29 is 9.90 Å². The van der Waals surface area contributed by atoms with E-state index in [1.807, 2.05) is 11.8 Å². The second kappa shape index (κ2) is 4.73. The Kier molecular flexibility index (Phi) is 3.04. The fourth-order valence-corrected chi connectivity index (χ4v) is 3.01. The maximum atomic E-state index is 11.6. The Morgan fingerprint density at radius 1 is 1.50 bits per heavy atom. The molecule has 0 spiro atoms. The van der Waals surface area contributed by atoms with E-state index < -0.39 is 11.4 Å². The Bertz CT molecular complexity index is 640. The predicted octanol–water partition coefficient (Wildman–Crippen LogP) is 1.43. The number of nitrogens with one attached hydrogen (secondary N) is 1. The first kappa shape index (κ1) is 12.8. The molecule has 1 unspecified atom stereocenters. The molecule has 0 amide bonds. The molecule has 7 heteroatoms. The zero-order valence-corrected chi connectivity index (χ0v) is 11.3. The minimum absolute atomic E-state index is 0.487. The van der Waals surface area contributed by atoms with Gasteiger partial charge in [-0.2, -0.15) is 0 Å². The molecule has 2 N–H and O–H groups in total. The fraction of sp³-hybridized carbons (Fsp3) is 0.538. The molecule has 7 nitrogen and oxygen atoms in total. The fourth-order valence-electron chi connectivity index (χ4n) is 3.01. The number of hydrogen-bond acceptors (Lipinski definition) is 5. The molecular formula is C13H17N5O2. The first-order valence-corrected chi connectivity index (χ1v) is 6.79. The number of imidazole rings is 1. The summed E-state index contributed by atoms with van der Waals surface area (Å²) in [6.07, 6.45) is 5.25. The lowest BCUT2D eigenvalue weighted by molar-refractivity contribution is -0.148. The summed E-state index contributed by atoms with van der Waals surface area (Å²) in [7, 11) is 0. The lowest BCUT2D eigenvalue weighted by Crippen LogP contribution is -2.34. The minimum atomic E-state index is -0.711. The van der Waals surface area contributed by atoms with E-state index in [4.69, 9.17) is 0 Å². The standard InChI is InChI=1S/C13H17N5O2/c1-2-3-13(12(19)20)4-5-18(6-13)11-9-10(15-7-14-9)16-8-17-11/h7-8H,2-6H2,1H3,(H,19,20)(H,14,15,16,17). The number of hydrogen-bond donors (Lipinski definition) is 2. The van der Waals surface area contributed by atoms with Gasteiger partial charge in [0.15, 0.2) is 11.5 Å². The van der Waals surface area contributed by atoms with Crippen molar-refractivity contribution in [3.8, 4) is 0 Å². The van der Waals surface area contributed by atoms with E-state index in [-0.39, 0.29) is 0 Å². The number of carbonyl (C=O) groups is 1. The smallest absolute Gasteiger partial charge is 0.311 e. The zero-order valence-electron chi connectivity index (χ0n) is 11.3. The van der Waals surface area contributed by atoms with Crippen LogP contribution >= 0.6 is 0 Å². The number of rotatable bonds is 4. The lowest BCUT2D eigenvalue weighted by Gasteiger charge is -2.24. The van der Waals surface area contributed by atoms with Gasteiger partial charge in [-0.15, -0.1) is 0 Å². The summed E-state index contributed by atoms with van der Waals surface area (Å²) in [6, 6.07) is 0. The summed E-state index contributed by atoms with van der Waals surface area (Å²) >= 11 is 0. The van der Waals surface area contributed by atoms with Gasteiger partial charge in [0, 0.05) is 13.1 Å². The molecule has 0 bridgehead atoms. The SMILES string of the molecule is CCCC1(C(=O)O)CCN(c2ncnc3nc[nH]c23)C1. The number of aromatic amines is 1. The second-order valence-electron chi connectivity index (χ2n) is 5.31. The van der Waals surface area contributed by atoms with Crippen LogP contribution in [0.15, 0.2) is 12.7 Å². The van der Waals surface area contributed by atoms with Crippen molar-refractivity contribution in [2.24, 2.45) is 5.41 Å². The van der Waals surface area contributed by atoms with Gasteiger partial charge in [0.25, 0.3) is 0 Å². The quantitative estimate of drug-likeness (QED) is 0.876. The van der Waals surface area contributed by atoms with Crippen LogP contribution in [0.3, 0.4) is 0 Å². The molecule has 0 saturated carbocycles. The molecular weight excluding hydrogens is 258 g/mol. The molecule has 0 aromatic carbocycles.